The van der Waals surface area contributed by atoms with Gasteiger partial charge < -0.3 is 4.90 Å². The van der Waals surface area contributed by atoms with E-state index in [0.29, 0.717) is 31.6 Å². The third-order valence-corrected chi connectivity index (χ3v) is 6.51. The Bertz CT molecular complexity index is 1010. The normalized spacial score (nSPS) is 14.1. The number of hydrogen-bond acceptors (Lipinski definition) is 6. The lowest BCUT2D eigenvalue weighted by Crippen LogP contribution is -2.31. The summed E-state index contributed by atoms with van der Waals surface area (Å²) in [7, 11) is 0. The predicted molar refractivity (Wildman–Crippen MR) is 111 cm³/mol. The van der Waals surface area contributed by atoms with Crippen molar-refractivity contribution in [1.82, 2.24) is 14.9 Å². The van der Waals surface area contributed by atoms with Crippen LogP contribution in [0.2, 0.25) is 0 Å². The number of ketones is 1. The molecule has 0 bridgehead atoms. The highest BCUT2D eigenvalue weighted by molar-refractivity contribution is 7.14. The van der Waals surface area contributed by atoms with Gasteiger partial charge in [-0.3, -0.25) is 9.69 Å². The second-order valence-corrected chi connectivity index (χ2v) is 8.59. The van der Waals surface area contributed by atoms with Crippen LogP contribution in [0.1, 0.15) is 32.3 Å². The molecule has 2 amide bonds. The first-order valence-corrected chi connectivity index (χ1v) is 10.8. The Morgan fingerprint density at radius 2 is 1.75 bits per heavy atom. The Hall–Kier alpha value is -2.58. The molecule has 1 aromatic carbocycles. The number of anilines is 1. The van der Waals surface area contributed by atoms with E-state index in [9.17, 15) is 9.59 Å². The molecule has 0 radical (unpaired) electrons. The highest BCUT2D eigenvalue weighted by Crippen LogP contribution is 2.25. The number of aromatic nitrogens is 2. The molecule has 1 fully saturated rings. The van der Waals surface area contributed by atoms with Crippen molar-refractivity contribution in [3.63, 3.8) is 0 Å². The van der Waals surface area contributed by atoms with Crippen molar-refractivity contribution in [2.24, 2.45) is 0 Å². The van der Waals surface area contributed by atoms with E-state index in [1.165, 1.54) is 22.7 Å². The predicted octanol–water partition coefficient (Wildman–Crippen LogP) is 4.08. The minimum Gasteiger partial charge on any atom is -0.318 e. The lowest BCUT2D eigenvalue weighted by atomic mass is 10.1. The van der Waals surface area contributed by atoms with E-state index in [4.69, 9.17) is 0 Å². The molecule has 0 atom stereocenters. The van der Waals surface area contributed by atoms with Crippen molar-refractivity contribution in [2.45, 2.75) is 26.8 Å². The molecule has 6 nitrogen and oxygen atoms in total. The van der Waals surface area contributed by atoms with E-state index in [0.717, 1.165) is 27.1 Å². The summed E-state index contributed by atoms with van der Waals surface area (Å²) in [6, 6.07) is 7.49. The van der Waals surface area contributed by atoms with Gasteiger partial charge in [0.15, 0.2) is 10.9 Å². The van der Waals surface area contributed by atoms with E-state index in [2.05, 4.69) is 9.97 Å². The number of nitrogens with zero attached hydrogens (tertiary/aromatic N) is 4. The zero-order chi connectivity index (χ0) is 19.7. The summed E-state index contributed by atoms with van der Waals surface area (Å²) < 4.78 is 0. The SMILES string of the molecule is Cc1csc(CC(=O)c2ccc(CN3CCN(c4nc(C)cs4)C3=O)cc2)n1. The maximum absolute atomic E-state index is 12.7. The van der Waals surface area contributed by atoms with Gasteiger partial charge in [0.05, 0.1) is 12.1 Å². The number of urea groups is 1. The van der Waals surface area contributed by atoms with Gasteiger partial charge >= 0.3 is 6.03 Å². The lowest BCUT2D eigenvalue weighted by Gasteiger charge is -2.17. The van der Waals surface area contributed by atoms with Gasteiger partial charge in [-0.05, 0) is 19.4 Å². The summed E-state index contributed by atoms with van der Waals surface area (Å²) in [5, 5.41) is 5.50. The highest BCUT2D eigenvalue weighted by atomic mass is 32.1. The average Bonchev–Trinajstić information content (AvgIpc) is 3.37. The first kappa shape index (κ1) is 18.8. The van der Waals surface area contributed by atoms with Crippen LogP contribution < -0.4 is 4.90 Å². The summed E-state index contributed by atoms with van der Waals surface area (Å²) in [5.74, 6) is 0.0588. The lowest BCUT2D eigenvalue weighted by molar-refractivity contribution is 0.0993. The number of benzene rings is 1. The van der Waals surface area contributed by atoms with Crippen LogP contribution in [0.25, 0.3) is 0 Å². The van der Waals surface area contributed by atoms with E-state index >= 15 is 0 Å². The fourth-order valence-corrected chi connectivity index (χ4v) is 4.70. The number of thiazole rings is 2. The molecule has 1 saturated heterocycles. The number of carbonyl (C=O) groups is 2. The topological polar surface area (TPSA) is 66.4 Å². The van der Waals surface area contributed by atoms with E-state index in [1.54, 1.807) is 4.90 Å². The molecule has 3 heterocycles. The summed E-state index contributed by atoms with van der Waals surface area (Å²) in [4.78, 5) is 37.4. The second-order valence-electron chi connectivity index (χ2n) is 6.81. The maximum Gasteiger partial charge on any atom is 0.326 e. The smallest absolute Gasteiger partial charge is 0.318 e. The minimum atomic E-state index is -0.0198. The quantitative estimate of drug-likeness (QED) is 0.572. The third-order valence-electron chi connectivity index (χ3n) is 4.56. The van der Waals surface area contributed by atoms with Gasteiger partial charge in [0.1, 0.15) is 5.01 Å². The largest absolute Gasteiger partial charge is 0.326 e. The van der Waals surface area contributed by atoms with Crippen molar-refractivity contribution in [3.8, 4) is 0 Å². The summed E-state index contributed by atoms with van der Waals surface area (Å²) in [5.41, 5.74) is 3.55. The first-order valence-electron chi connectivity index (χ1n) is 9.01. The van der Waals surface area contributed by atoms with Gasteiger partial charge in [0.2, 0.25) is 0 Å². The van der Waals surface area contributed by atoms with Crippen LogP contribution >= 0.6 is 22.7 Å². The zero-order valence-electron chi connectivity index (χ0n) is 15.7. The molecular formula is C20H20N4O2S2. The van der Waals surface area contributed by atoms with E-state index in [1.807, 2.05) is 53.8 Å². The van der Waals surface area contributed by atoms with Gasteiger partial charge in [-0.1, -0.05) is 24.3 Å². The Labute approximate surface area is 171 Å². The molecule has 144 valence electrons. The molecule has 1 aliphatic rings. The van der Waals surface area contributed by atoms with Crippen molar-refractivity contribution in [1.29, 1.82) is 0 Å². The first-order chi connectivity index (χ1) is 13.5. The van der Waals surface area contributed by atoms with Crippen molar-refractivity contribution in [3.05, 3.63) is 62.5 Å². The molecule has 2 aromatic heterocycles. The van der Waals surface area contributed by atoms with Crippen LogP contribution in [0.3, 0.4) is 0 Å². The number of hydrogen-bond donors (Lipinski definition) is 0. The van der Waals surface area contributed by atoms with Crippen molar-refractivity contribution < 1.29 is 9.59 Å². The van der Waals surface area contributed by atoms with Crippen LogP contribution in [-0.2, 0) is 13.0 Å². The maximum atomic E-state index is 12.7. The van der Waals surface area contributed by atoms with Gasteiger partial charge in [-0.2, -0.15) is 0 Å². The van der Waals surface area contributed by atoms with E-state index < -0.39 is 0 Å². The number of carbonyl (C=O) groups excluding carboxylic acids is 2. The Morgan fingerprint density at radius 1 is 1.04 bits per heavy atom. The van der Waals surface area contributed by atoms with Gasteiger partial charge in [-0.25, -0.2) is 14.8 Å². The number of aryl methyl sites for hydroxylation is 2. The molecule has 1 aliphatic heterocycles. The molecule has 8 heteroatoms. The molecule has 0 aliphatic carbocycles. The number of amides is 2. The fraction of sp³-hybridized carbons (Fsp3) is 0.300. The molecular weight excluding hydrogens is 392 g/mol. The number of Topliss-reactive ketones (excluding diaryl/α,β-unsaturated/α-hetero) is 1. The van der Waals surface area contributed by atoms with Crippen molar-refractivity contribution >= 4 is 39.6 Å². The van der Waals surface area contributed by atoms with Gasteiger partial charge in [0, 0.05) is 41.7 Å². The standard InChI is InChI=1S/C20H20N4O2S2/c1-13-11-27-18(21-13)9-17(25)16-5-3-15(4-6-16)10-23-7-8-24(20(23)26)19-22-14(2)12-28-19/h3-6,11-12H,7-10H2,1-2H3. The monoisotopic (exact) mass is 412 g/mol. The third kappa shape index (κ3) is 3.98. The molecule has 4 rings (SSSR count). The Kier molecular flexibility index (Phi) is 5.23. The van der Waals surface area contributed by atoms with Gasteiger partial charge in [-0.15, -0.1) is 22.7 Å². The van der Waals surface area contributed by atoms with Crippen LogP contribution in [0, 0.1) is 13.8 Å². The molecule has 0 saturated carbocycles. The second kappa shape index (κ2) is 7.81. The zero-order valence-corrected chi connectivity index (χ0v) is 17.3. The Balaban J connectivity index is 1.38. The van der Waals surface area contributed by atoms with Crippen LogP contribution in [0.5, 0.6) is 0 Å². The molecule has 0 unspecified atom stereocenters. The molecule has 0 N–H and O–H groups in total. The summed E-state index contributed by atoms with van der Waals surface area (Å²) in [6.07, 6.45) is 0.324. The summed E-state index contributed by atoms with van der Waals surface area (Å²) >= 11 is 3.00. The van der Waals surface area contributed by atoms with Crippen LogP contribution in [-0.4, -0.2) is 39.8 Å². The summed E-state index contributed by atoms with van der Waals surface area (Å²) in [6.45, 7) is 5.70. The Morgan fingerprint density at radius 3 is 2.39 bits per heavy atom. The average molecular weight is 413 g/mol. The molecule has 3 aromatic rings. The fourth-order valence-electron chi connectivity index (χ4n) is 3.11. The van der Waals surface area contributed by atoms with Gasteiger partial charge in [0.25, 0.3) is 0 Å². The van der Waals surface area contributed by atoms with Crippen LogP contribution in [0.15, 0.2) is 35.0 Å². The highest BCUT2D eigenvalue weighted by Gasteiger charge is 2.31. The number of rotatable bonds is 6. The van der Waals surface area contributed by atoms with E-state index in [-0.39, 0.29) is 11.8 Å². The minimum absolute atomic E-state index is 0.0198. The van der Waals surface area contributed by atoms with Crippen LogP contribution in [0.4, 0.5) is 9.93 Å². The van der Waals surface area contributed by atoms with Crippen molar-refractivity contribution in [2.75, 3.05) is 18.0 Å². The molecule has 28 heavy (non-hydrogen) atoms. The molecule has 0 spiro atoms.